The van der Waals surface area contributed by atoms with Gasteiger partial charge in [0.2, 0.25) is 0 Å². The van der Waals surface area contributed by atoms with Crippen LogP contribution in [0.15, 0.2) is 83.8 Å². The van der Waals surface area contributed by atoms with Gasteiger partial charge >= 0.3 is 0 Å². The minimum absolute atomic E-state index is 0.109. The van der Waals surface area contributed by atoms with E-state index < -0.39 is 0 Å². The number of para-hydroxylation sites is 1. The van der Waals surface area contributed by atoms with E-state index in [2.05, 4.69) is 0 Å². The number of anilines is 1. The molecule has 0 aromatic heterocycles. The molecule has 0 spiro atoms. The Morgan fingerprint density at radius 1 is 0.844 bits per heavy atom. The third kappa shape index (κ3) is 5.30. The van der Waals surface area contributed by atoms with E-state index in [0.717, 1.165) is 28.5 Å². The summed E-state index contributed by atoms with van der Waals surface area (Å²) in [6.45, 7) is 0.844. The molecule has 1 fully saturated rings. The zero-order chi connectivity index (χ0) is 22.3. The normalized spacial score (nSPS) is 14.7. The zero-order valence-corrected chi connectivity index (χ0v) is 19.0. The first-order chi connectivity index (χ1) is 15.6. The number of hydrogen-bond acceptors (Lipinski definition) is 6. The van der Waals surface area contributed by atoms with Crippen LogP contribution in [0.5, 0.6) is 17.2 Å². The standard InChI is InChI=1S/C25H21NO4S2/c1-28-20-11-13-22(14-12-20)30-16-15-29-21-9-7-18(8-10-21)17-23-24(27)26(25(31)32-23)19-5-3-2-4-6-19/h2-14,17H,15-16H2,1H3/b23-17+. The number of carbonyl (C=O) groups excluding carboxylic acids is 1. The Morgan fingerprint density at radius 2 is 1.41 bits per heavy atom. The summed E-state index contributed by atoms with van der Waals surface area (Å²) in [4.78, 5) is 15.0. The number of carbonyl (C=O) groups is 1. The van der Waals surface area contributed by atoms with Crippen LogP contribution in [-0.2, 0) is 4.79 Å². The van der Waals surface area contributed by atoms with E-state index in [-0.39, 0.29) is 5.91 Å². The molecule has 0 bridgehead atoms. The number of thioether (sulfide) groups is 1. The van der Waals surface area contributed by atoms with Crippen molar-refractivity contribution in [2.75, 3.05) is 25.2 Å². The monoisotopic (exact) mass is 463 g/mol. The number of hydrogen-bond donors (Lipinski definition) is 0. The highest BCUT2D eigenvalue weighted by atomic mass is 32.2. The number of rotatable bonds is 8. The highest BCUT2D eigenvalue weighted by Gasteiger charge is 2.33. The summed E-state index contributed by atoms with van der Waals surface area (Å²) in [5.41, 5.74) is 1.68. The Morgan fingerprint density at radius 3 is 2.00 bits per heavy atom. The molecule has 1 heterocycles. The zero-order valence-electron chi connectivity index (χ0n) is 17.4. The van der Waals surface area contributed by atoms with E-state index in [9.17, 15) is 4.79 Å². The minimum atomic E-state index is -0.109. The molecule has 1 aliphatic heterocycles. The van der Waals surface area contributed by atoms with Crippen LogP contribution in [0.25, 0.3) is 6.08 Å². The second-order valence-corrected chi connectivity index (χ2v) is 8.47. The second-order valence-electron chi connectivity index (χ2n) is 6.79. The van der Waals surface area contributed by atoms with Gasteiger partial charge in [-0.15, -0.1) is 0 Å². The van der Waals surface area contributed by atoms with Crippen LogP contribution in [0.2, 0.25) is 0 Å². The molecule has 4 rings (SSSR count). The van der Waals surface area contributed by atoms with E-state index in [1.807, 2.05) is 84.9 Å². The third-order valence-electron chi connectivity index (χ3n) is 4.67. The van der Waals surface area contributed by atoms with Gasteiger partial charge in [0.05, 0.1) is 17.7 Å². The van der Waals surface area contributed by atoms with Crippen LogP contribution < -0.4 is 19.1 Å². The molecule has 0 radical (unpaired) electrons. The first-order valence-electron chi connectivity index (χ1n) is 9.97. The molecule has 7 heteroatoms. The summed E-state index contributed by atoms with van der Waals surface area (Å²) < 4.78 is 17.1. The molecular formula is C25H21NO4S2. The van der Waals surface area contributed by atoms with Crippen molar-refractivity contribution in [2.24, 2.45) is 0 Å². The lowest BCUT2D eigenvalue weighted by molar-refractivity contribution is -0.113. The van der Waals surface area contributed by atoms with Crippen molar-refractivity contribution in [1.82, 2.24) is 0 Å². The summed E-state index contributed by atoms with van der Waals surface area (Å²) in [7, 11) is 1.63. The molecule has 1 amide bonds. The van der Waals surface area contributed by atoms with Crippen LogP contribution >= 0.6 is 24.0 Å². The van der Waals surface area contributed by atoms with Gasteiger partial charge in [-0.25, -0.2) is 0 Å². The number of methoxy groups -OCH3 is 1. The number of ether oxygens (including phenoxy) is 3. The lowest BCUT2D eigenvalue weighted by Crippen LogP contribution is -2.27. The van der Waals surface area contributed by atoms with Crippen molar-refractivity contribution in [1.29, 1.82) is 0 Å². The van der Waals surface area contributed by atoms with E-state index in [4.69, 9.17) is 26.4 Å². The maximum absolute atomic E-state index is 12.8. The number of amides is 1. The summed E-state index contributed by atoms with van der Waals surface area (Å²) in [6.07, 6.45) is 1.85. The quantitative estimate of drug-likeness (QED) is 0.248. The molecule has 162 valence electrons. The highest BCUT2D eigenvalue weighted by molar-refractivity contribution is 8.27. The van der Waals surface area contributed by atoms with Gasteiger partial charge in [0.15, 0.2) is 4.32 Å². The Balaban J connectivity index is 1.31. The van der Waals surface area contributed by atoms with Gasteiger partial charge in [-0.05, 0) is 60.2 Å². The first kappa shape index (κ1) is 21.9. The van der Waals surface area contributed by atoms with E-state index in [0.29, 0.717) is 22.4 Å². The average molecular weight is 464 g/mol. The number of nitrogens with zero attached hydrogens (tertiary/aromatic N) is 1. The summed E-state index contributed by atoms with van der Waals surface area (Å²) in [5.74, 6) is 2.17. The summed E-state index contributed by atoms with van der Waals surface area (Å²) in [6, 6.07) is 24.4. The summed E-state index contributed by atoms with van der Waals surface area (Å²) in [5, 5.41) is 0. The van der Waals surface area contributed by atoms with E-state index in [1.165, 1.54) is 11.8 Å². The van der Waals surface area contributed by atoms with Crippen molar-refractivity contribution in [2.45, 2.75) is 0 Å². The Labute approximate surface area is 196 Å². The van der Waals surface area contributed by atoms with Crippen LogP contribution in [0.1, 0.15) is 5.56 Å². The van der Waals surface area contributed by atoms with Crippen LogP contribution in [0, 0.1) is 0 Å². The molecule has 3 aromatic rings. The molecule has 0 atom stereocenters. The summed E-state index contributed by atoms with van der Waals surface area (Å²) >= 11 is 6.72. The fraction of sp³-hybridized carbons (Fsp3) is 0.120. The predicted molar refractivity (Wildman–Crippen MR) is 133 cm³/mol. The lowest BCUT2D eigenvalue weighted by atomic mass is 10.2. The first-order valence-corrected chi connectivity index (χ1v) is 11.2. The van der Waals surface area contributed by atoms with Crippen molar-refractivity contribution in [3.05, 3.63) is 89.3 Å². The molecule has 1 aliphatic rings. The second kappa shape index (κ2) is 10.3. The fourth-order valence-corrected chi connectivity index (χ4v) is 4.37. The van der Waals surface area contributed by atoms with Gasteiger partial charge in [-0.3, -0.25) is 9.69 Å². The molecule has 0 saturated carbocycles. The molecular weight excluding hydrogens is 442 g/mol. The van der Waals surface area contributed by atoms with E-state index in [1.54, 1.807) is 12.0 Å². The predicted octanol–water partition coefficient (Wildman–Crippen LogP) is 5.56. The minimum Gasteiger partial charge on any atom is -0.497 e. The largest absolute Gasteiger partial charge is 0.497 e. The number of benzene rings is 3. The van der Waals surface area contributed by atoms with Gasteiger partial charge in [0.1, 0.15) is 30.5 Å². The van der Waals surface area contributed by atoms with Crippen molar-refractivity contribution in [3.63, 3.8) is 0 Å². The molecule has 3 aromatic carbocycles. The molecule has 32 heavy (non-hydrogen) atoms. The molecule has 0 aliphatic carbocycles. The van der Waals surface area contributed by atoms with Gasteiger partial charge < -0.3 is 14.2 Å². The van der Waals surface area contributed by atoms with Gasteiger partial charge in [0.25, 0.3) is 5.91 Å². The molecule has 0 unspecified atom stereocenters. The Bertz CT molecular complexity index is 1110. The lowest BCUT2D eigenvalue weighted by Gasteiger charge is -2.13. The molecule has 0 N–H and O–H groups in total. The van der Waals surface area contributed by atoms with Crippen LogP contribution in [-0.4, -0.2) is 30.6 Å². The van der Waals surface area contributed by atoms with Gasteiger partial charge in [-0.2, -0.15) is 0 Å². The van der Waals surface area contributed by atoms with Crippen LogP contribution in [0.4, 0.5) is 5.69 Å². The van der Waals surface area contributed by atoms with Crippen molar-refractivity contribution < 1.29 is 19.0 Å². The Kier molecular flexibility index (Phi) is 7.09. The average Bonchev–Trinajstić information content (AvgIpc) is 3.11. The van der Waals surface area contributed by atoms with Crippen molar-refractivity contribution in [3.8, 4) is 17.2 Å². The smallest absolute Gasteiger partial charge is 0.270 e. The third-order valence-corrected chi connectivity index (χ3v) is 5.97. The maximum atomic E-state index is 12.8. The van der Waals surface area contributed by atoms with E-state index >= 15 is 0 Å². The fourth-order valence-electron chi connectivity index (χ4n) is 3.07. The SMILES string of the molecule is COc1ccc(OCCOc2ccc(/C=C3/SC(=S)N(c4ccccc4)C3=O)cc2)cc1. The molecule has 1 saturated heterocycles. The number of thiocarbonyl (C=S) groups is 1. The topological polar surface area (TPSA) is 48.0 Å². The van der Waals surface area contributed by atoms with Crippen molar-refractivity contribution >= 4 is 46.0 Å². The van der Waals surface area contributed by atoms with Gasteiger partial charge in [-0.1, -0.05) is 54.3 Å². The Hall–Kier alpha value is -3.29. The maximum Gasteiger partial charge on any atom is 0.270 e. The molecule has 5 nitrogen and oxygen atoms in total. The van der Waals surface area contributed by atoms with Gasteiger partial charge in [0, 0.05) is 0 Å². The highest BCUT2D eigenvalue weighted by Crippen LogP contribution is 2.36. The van der Waals surface area contributed by atoms with Crippen LogP contribution in [0.3, 0.4) is 0 Å².